The number of carbonyl (C=O) groups excluding carboxylic acids is 1. The number of hydrogen-bond donors (Lipinski definition) is 0. The molecule has 0 N–H and O–H groups in total. The Morgan fingerprint density at radius 2 is 1.91 bits per heavy atom. The molecule has 0 aromatic heterocycles. The zero-order valence-corrected chi connectivity index (χ0v) is 9.32. The van der Waals surface area contributed by atoms with Crippen molar-refractivity contribution < 1.29 is 4.79 Å². The van der Waals surface area contributed by atoms with Crippen LogP contribution in [0.5, 0.6) is 0 Å². The number of benzene rings is 1. The van der Waals surface area contributed by atoms with Crippen molar-refractivity contribution in [2.45, 2.75) is 0 Å². The molecule has 0 aliphatic carbocycles. The van der Waals surface area contributed by atoms with E-state index >= 15 is 0 Å². The molecule has 0 spiro atoms. The Labute approximate surface area is 79.2 Å². The Morgan fingerprint density at radius 3 is 2.45 bits per heavy atom. The van der Waals surface area contributed by atoms with Gasteiger partial charge in [0.15, 0.2) is 0 Å². The number of allylic oxidation sites excluding steroid dienone is 1. The van der Waals surface area contributed by atoms with Gasteiger partial charge in [0.25, 0.3) is 0 Å². The Balaban J connectivity index is 2.72. The zero-order valence-electron chi connectivity index (χ0n) is 6.03. The summed E-state index contributed by atoms with van der Waals surface area (Å²) in [5.74, 6) is 0. The first-order valence-electron chi connectivity index (χ1n) is 3.31. The van der Waals surface area contributed by atoms with Crippen LogP contribution in [0.15, 0.2) is 36.4 Å². The molecule has 2 heteroatoms. The van der Waals surface area contributed by atoms with Crippen LogP contribution in [0.1, 0.15) is 5.56 Å². The van der Waals surface area contributed by atoms with E-state index in [4.69, 9.17) is 0 Å². The molecule has 0 aliphatic rings. The summed E-state index contributed by atoms with van der Waals surface area (Å²) >= 11 is 0.664. The van der Waals surface area contributed by atoms with E-state index in [0.29, 0.717) is 22.5 Å². The van der Waals surface area contributed by atoms with Crippen molar-refractivity contribution in [1.82, 2.24) is 0 Å². The molecule has 2 radical (unpaired) electrons. The van der Waals surface area contributed by atoms with Crippen LogP contribution < -0.4 is 0 Å². The molecule has 0 heterocycles. The van der Waals surface area contributed by atoms with Crippen LogP contribution in [0.4, 0.5) is 0 Å². The van der Waals surface area contributed by atoms with Gasteiger partial charge in [-0.1, -0.05) is 0 Å². The van der Waals surface area contributed by atoms with Crippen molar-refractivity contribution in [3.05, 3.63) is 42.0 Å². The van der Waals surface area contributed by atoms with Gasteiger partial charge in [-0.2, -0.15) is 0 Å². The summed E-state index contributed by atoms with van der Waals surface area (Å²) in [6, 6.07) is 9.81. The summed E-state index contributed by atoms with van der Waals surface area (Å²) in [6.45, 7) is 0. The van der Waals surface area contributed by atoms with Crippen molar-refractivity contribution in [2.75, 3.05) is 0 Å². The summed E-state index contributed by atoms with van der Waals surface area (Å²) < 4.78 is 0.208. The van der Waals surface area contributed by atoms with Gasteiger partial charge in [-0.15, -0.1) is 0 Å². The van der Waals surface area contributed by atoms with Gasteiger partial charge in [0.2, 0.25) is 0 Å². The molecule has 1 rings (SSSR count). The van der Waals surface area contributed by atoms with Gasteiger partial charge in [0.1, 0.15) is 0 Å². The molecule has 0 bridgehead atoms. The molecule has 0 saturated carbocycles. The summed E-state index contributed by atoms with van der Waals surface area (Å²) in [5, 5.41) is 0. The topological polar surface area (TPSA) is 17.1 Å². The third-order valence-electron chi connectivity index (χ3n) is 1.24. The Bertz CT molecular complexity index is 264. The quantitative estimate of drug-likeness (QED) is 0.568. The van der Waals surface area contributed by atoms with Crippen LogP contribution in [0.25, 0.3) is 6.08 Å². The second-order valence-corrected chi connectivity index (χ2v) is 3.77. The first kappa shape index (κ1) is 8.52. The third kappa shape index (κ3) is 3.37. The van der Waals surface area contributed by atoms with Gasteiger partial charge in [0.05, 0.1) is 0 Å². The molecule has 0 fully saturated rings. The van der Waals surface area contributed by atoms with Crippen molar-refractivity contribution in [2.24, 2.45) is 0 Å². The van der Waals surface area contributed by atoms with Crippen LogP contribution in [0, 0.1) is 0 Å². The Morgan fingerprint density at radius 1 is 1.27 bits per heavy atom. The van der Waals surface area contributed by atoms with Crippen LogP contribution in [0.3, 0.4) is 0 Å². The number of hydrogen-bond acceptors (Lipinski definition) is 1. The SMILES string of the molecule is O=[C]([SnH])C=Cc1ccccc1. The van der Waals surface area contributed by atoms with Crippen molar-refractivity contribution >= 4 is 32.4 Å². The molecular formula is C9H8OSn. The standard InChI is InChI=1S/C9H7O.Sn.H/c10-8-4-7-9-5-2-1-3-6-9;;/h1-7H;;. The summed E-state index contributed by atoms with van der Waals surface area (Å²) in [7, 11) is 0. The number of rotatable bonds is 2. The fourth-order valence-electron chi connectivity index (χ4n) is 0.743. The fourth-order valence-corrected chi connectivity index (χ4v) is 1.02. The van der Waals surface area contributed by atoms with E-state index in [1.165, 1.54) is 0 Å². The Hall–Kier alpha value is -0.571. The van der Waals surface area contributed by atoms with Crippen molar-refractivity contribution in [3.8, 4) is 0 Å². The predicted octanol–water partition coefficient (Wildman–Crippen LogP) is 1.13. The van der Waals surface area contributed by atoms with E-state index in [-0.39, 0.29) is 3.80 Å². The molecule has 0 amide bonds. The molecule has 1 nitrogen and oxygen atoms in total. The third-order valence-corrected chi connectivity index (χ3v) is 1.79. The van der Waals surface area contributed by atoms with Crippen LogP contribution in [0.2, 0.25) is 0 Å². The average Bonchev–Trinajstić information content (AvgIpc) is 2.03. The van der Waals surface area contributed by atoms with E-state index in [9.17, 15) is 4.79 Å². The molecule has 54 valence electrons. The minimum absolute atomic E-state index is 0.208. The fraction of sp³-hybridized carbons (Fsp3) is 0. The van der Waals surface area contributed by atoms with Gasteiger partial charge in [-0.3, -0.25) is 0 Å². The van der Waals surface area contributed by atoms with Gasteiger partial charge >= 0.3 is 79.2 Å². The van der Waals surface area contributed by atoms with E-state index in [2.05, 4.69) is 0 Å². The van der Waals surface area contributed by atoms with Gasteiger partial charge in [-0.25, -0.2) is 0 Å². The Kier molecular flexibility index (Phi) is 3.36. The molecule has 0 unspecified atom stereocenters. The van der Waals surface area contributed by atoms with Gasteiger partial charge in [-0.05, 0) is 0 Å². The molecule has 0 aliphatic heterocycles. The summed E-state index contributed by atoms with van der Waals surface area (Å²) in [5.41, 5.74) is 1.08. The molecule has 11 heavy (non-hydrogen) atoms. The molecule has 1 aromatic carbocycles. The molecule has 0 atom stereocenters. The van der Waals surface area contributed by atoms with Crippen LogP contribution in [-0.2, 0) is 4.79 Å². The normalized spacial score (nSPS) is 10.3. The van der Waals surface area contributed by atoms with Gasteiger partial charge < -0.3 is 0 Å². The van der Waals surface area contributed by atoms with E-state index in [0.717, 1.165) is 5.56 Å². The van der Waals surface area contributed by atoms with E-state index < -0.39 is 0 Å². The summed E-state index contributed by atoms with van der Waals surface area (Å²) in [6.07, 6.45) is 3.46. The number of carbonyl (C=O) groups is 1. The zero-order chi connectivity index (χ0) is 8.10. The summed E-state index contributed by atoms with van der Waals surface area (Å²) in [4.78, 5) is 10.6. The van der Waals surface area contributed by atoms with Gasteiger partial charge in [0, 0.05) is 0 Å². The monoisotopic (exact) mass is 252 g/mol. The first-order chi connectivity index (χ1) is 5.29. The van der Waals surface area contributed by atoms with E-state index in [1.54, 1.807) is 6.08 Å². The van der Waals surface area contributed by atoms with Crippen molar-refractivity contribution in [3.63, 3.8) is 0 Å². The minimum atomic E-state index is 0.208. The average molecular weight is 251 g/mol. The molecular weight excluding hydrogens is 243 g/mol. The predicted molar refractivity (Wildman–Crippen MR) is 47.6 cm³/mol. The van der Waals surface area contributed by atoms with Crippen molar-refractivity contribution in [1.29, 1.82) is 0 Å². The van der Waals surface area contributed by atoms with Crippen LogP contribution >= 0.6 is 0 Å². The van der Waals surface area contributed by atoms with Crippen LogP contribution in [-0.4, -0.2) is 26.3 Å². The van der Waals surface area contributed by atoms with E-state index in [1.807, 2.05) is 36.4 Å². The second kappa shape index (κ2) is 4.34. The first-order valence-corrected chi connectivity index (χ1v) is 4.96. The maximum atomic E-state index is 10.6. The maximum absolute atomic E-state index is 10.6. The molecule has 0 saturated heterocycles. The second-order valence-electron chi connectivity index (χ2n) is 2.15. The molecule has 1 aromatic rings.